The zero-order valence-corrected chi connectivity index (χ0v) is 16.2. The van der Waals surface area contributed by atoms with Gasteiger partial charge in [-0.15, -0.1) is 0 Å². The summed E-state index contributed by atoms with van der Waals surface area (Å²) in [5.74, 6) is -0.478. The third-order valence-electron chi connectivity index (χ3n) is 4.24. The Morgan fingerprint density at radius 1 is 1.19 bits per heavy atom. The van der Waals surface area contributed by atoms with Crippen LogP contribution in [0.15, 0.2) is 53.1 Å². The van der Waals surface area contributed by atoms with E-state index in [9.17, 15) is 9.59 Å². The van der Waals surface area contributed by atoms with E-state index in [4.69, 9.17) is 0 Å². The molecule has 3 rings (SSSR count). The van der Waals surface area contributed by atoms with Crippen molar-refractivity contribution in [3.05, 3.63) is 64.3 Å². The highest BCUT2D eigenvalue weighted by Crippen LogP contribution is 2.22. The molecule has 134 valence electrons. The number of hydrogen-bond donors (Lipinski definition) is 3. The number of para-hydroxylation sites is 1. The fourth-order valence-corrected chi connectivity index (χ4v) is 3.44. The minimum absolute atomic E-state index is 0.238. The highest BCUT2D eigenvalue weighted by atomic mass is 79.9. The fourth-order valence-electron chi connectivity index (χ4n) is 2.96. The van der Waals surface area contributed by atoms with Gasteiger partial charge < -0.3 is 15.6 Å². The first-order chi connectivity index (χ1) is 12.4. The first-order valence-electron chi connectivity index (χ1n) is 8.33. The molecule has 0 aliphatic rings. The predicted molar refractivity (Wildman–Crippen MR) is 107 cm³/mol. The van der Waals surface area contributed by atoms with Gasteiger partial charge in [0.1, 0.15) is 6.04 Å². The van der Waals surface area contributed by atoms with Crippen molar-refractivity contribution in [1.29, 1.82) is 0 Å². The molecule has 0 bridgehead atoms. The van der Waals surface area contributed by atoms with Crippen LogP contribution in [0.2, 0.25) is 0 Å². The van der Waals surface area contributed by atoms with Gasteiger partial charge >= 0.3 is 0 Å². The minimum atomic E-state index is -0.658. The van der Waals surface area contributed by atoms with E-state index in [1.54, 1.807) is 0 Å². The molecular formula is C20H20BrN3O2. The number of anilines is 1. The highest BCUT2D eigenvalue weighted by Gasteiger charge is 2.22. The number of hydrogen-bond acceptors (Lipinski definition) is 2. The number of amides is 2. The van der Waals surface area contributed by atoms with Gasteiger partial charge in [0.05, 0.1) is 0 Å². The number of benzene rings is 2. The van der Waals surface area contributed by atoms with Crippen LogP contribution in [0.1, 0.15) is 18.1 Å². The molecule has 1 atom stereocenters. The third kappa shape index (κ3) is 4.14. The van der Waals surface area contributed by atoms with Crippen LogP contribution in [0.5, 0.6) is 0 Å². The summed E-state index contributed by atoms with van der Waals surface area (Å²) in [6.45, 7) is 3.34. The zero-order chi connectivity index (χ0) is 18.7. The summed E-state index contributed by atoms with van der Waals surface area (Å²) < 4.78 is 0.949. The lowest BCUT2D eigenvalue weighted by Crippen LogP contribution is -2.44. The Kier molecular flexibility index (Phi) is 5.42. The van der Waals surface area contributed by atoms with Crippen LogP contribution in [0.25, 0.3) is 10.9 Å². The molecule has 1 aromatic heterocycles. The van der Waals surface area contributed by atoms with E-state index in [-0.39, 0.29) is 11.8 Å². The lowest BCUT2D eigenvalue weighted by Gasteiger charge is -2.18. The van der Waals surface area contributed by atoms with Crippen LogP contribution >= 0.6 is 15.9 Å². The number of nitrogens with one attached hydrogen (secondary N) is 3. The first kappa shape index (κ1) is 18.2. The van der Waals surface area contributed by atoms with E-state index in [1.165, 1.54) is 6.92 Å². The molecule has 0 spiro atoms. The Balaban J connectivity index is 1.83. The number of H-pyrrole nitrogens is 1. The number of halogens is 1. The lowest BCUT2D eigenvalue weighted by molar-refractivity contribution is -0.125. The summed E-state index contributed by atoms with van der Waals surface area (Å²) in [7, 11) is 0. The van der Waals surface area contributed by atoms with E-state index in [1.807, 2.05) is 55.6 Å². The quantitative estimate of drug-likeness (QED) is 0.592. The Morgan fingerprint density at radius 2 is 1.96 bits per heavy atom. The zero-order valence-electron chi connectivity index (χ0n) is 14.6. The third-order valence-corrected chi connectivity index (χ3v) is 4.73. The molecule has 5 nitrogen and oxygen atoms in total. The monoisotopic (exact) mass is 413 g/mol. The van der Waals surface area contributed by atoms with Crippen molar-refractivity contribution in [2.75, 3.05) is 5.32 Å². The fraction of sp³-hybridized carbons (Fsp3) is 0.200. The number of aryl methyl sites for hydroxylation is 1. The second-order valence-corrected chi connectivity index (χ2v) is 7.18. The molecule has 0 fully saturated rings. The highest BCUT2D eigenvalue weighted by molar-refractivity contribution is 9.10. The molecule has 0 aliphatic carbocycles. The maximum atomic E-state index is 12.8. The molecular weight excluding hydrogens is 394 g/mol. The SMILES string of the molecule is CC(=O)N[C@@H](Cc1c[nH]c2ccccc12)C(=O)Nc1ccc(Br)cc1C. The van der Waals surface area contributed by atoms with Gasteiger partial charge in [-0.2, -0.15) is 0 Å². The van der Waals surface area contributed by atoms with Crippen LogP contribution in [0.4, 0.5) is 5.69 Å². The Bertz CT molecular complexity index is 965. The summed E-state index contributed by atoms with van der Waals surface area (Å²) in [6, 6.07) is 12.9. The Morgan fingerprint density at radius 3 is 2.69 bits per heavy atom. The van der Waals surface area contributed by atoms with Crippen LogP contribution < -0.4 is 10.6 Å². The van der Waals surface area contributed by atoms with Crippen molar-refractivity contribution in [3.8, 4) is 0 Å². The van der Waals surface area contributed by atoms with E-state index in [0.717, 1.165) is 32.2 Å². The summed E-state index contributed by atoms with van der Waals surface area (Å²) in [4.78, 5) is 27.6. The van der Waals surface area contributed by atoms with Crippen molar-refractivity contribution in [1.82, 2.24) is 10.3 Å². The van der Waals surface area contributed by atoms with Crippen molar-refractivity contribution in [2.45, 2.75) is 26.3 Å². The van der Waals surface area contributed by atoms with Crippen LogP contribution in [0, 0.1) is 6.92 Å². The van der Waals surface area contributed by atoms with Gasteiger partial charge in [-0.1, -0.05) is 34.1 Å². The molecule has 6 heteroatoms. The number of carbonyl (C=O) groups excluding carboxylic acids is 2. The van der Waals surface area contributed by atoms with Gasteiger partial charge in [0.15, 0.2) is 0 Å². The standard InChI is InChI=1S/C20H20BrN3O2/c1-12-9-15(21)7-8-17(12)24-20(26)19(23-13(2)25)10-14-11-22-18-6-4-3-5-16(14)18/h3-9,11,19,22H,10H2,1-2H3,(H,23,25)(H,24,26)/t19-/m0/s1. The molecule has 0 aliphatic heterocycles. The van der Waals surface area contributed by atoms with E-state index in [0.29, 0.717) is 6.42 Å². The Labute approximate surface area is 160 Å². The first-order valence-corrected chi connectivity index (χ1v) is 9.12. The number of fused-ring (bicyclic) bond motifs is 1. The summed E-state index contributed by atoms with van der Waals surface area (Å²) >= 11 is 3.41. The van der Waals surface area contributed by atoms with Gasteiger partial charge in [0.2, 0.25) is 11.8 Å². The normalized spacial score (nSPS) is 12.0. The molecule has 0 radical (unpaired) electrons. The molecule has 2 amide bonds. The second-order valence-electron chi connectivity index (χ2n) is 6.27. The number of carbonyl (C=O) groups is 2. The van der Waals surface area contributed by atoms with Crippen LogP contribution in [-0.4, -0.2) is 22.8 Å². The van der Waals surface area contributed by atoms with Crippen molar-refractivity contribution < 1.29 is 9.59 Å². The average Bonchev–Trinajstić information content (AvgIpc) is 2.99. The molecule has 3 N–H and O–H groups in total. The second kappa shape index (κ2) is 7.74. The average molecular weight is 414 g/mol. The lowest BCUT2D eigenvalue weighted by atomic mass is 10.0. The van der Waals surface area contributed by atoms with Crippen LogP contribution in [-0.2, 0) is 16.0 Å². The Hall–Kier alpha value is -2.60. The summed E-state index contributed by atoms with van der Waals surface area (Å²) in [5, 5.41) is 6.73. The van der Waals surface area contributed by atoms with Crippen molar-refractivity contribution >= 4 is 44.3 Å². The molecule has 1 heterocycles. The molecule has 0 unspecified atom stereocenters. The van der Waals surface area contributed by atoms with Gasteiger partial charge in [-0.25, -0.2) is 0 Å². The summed E-state index contributed by atoms with van der Waals surface area (Å²) in [6.07, 6.45) is 2.29. The van der Waals surface area contributed by atoms with Gasteiger partial charge in [-0.3, -0.25) is 9.59 Å². The van der Waals surface area contributed by atoms with Crippen molar-refractivity contribution in [2.24, 2.45) is 0 Å². The molecule has 26 heavy (non-hydrogen) atoms. The van der Waals surface area contributed by atoms with Crippen LogP contribution in [0.3, 0.4) is 0 Å². The number of aromatic amines is 1. The predicted octanol–water partition coefficient (Wildman–Crippen LogP) is 3.92. The molecule has 3 aromatic rings. The minimum Gasteiger partial charge on any atom is -0.361 e. The van der Waals surface area contributed by atoms with E-state index >= 15 is 0 Å². The van der Waals surface area contributed by atoms with Gasteiger partial charge in [0.25, 0.3) is 0 Å². The molecule has 0 saturated carbocycles. The smallest absolute Gasteiger partial charge is 0.247 e. The van der Waals surface area contributed by atoms with Crippen molar-refractivity contribution in [3.63, 3.8) is 0 Å². The maximum Gasteiger partial charge on any atom is 0.247 e. The van der Waals surface area contributed by atoms with E-state index in [2.05, 4.69) is 31.5 Å². The van der Waals surface area contributed by atoms with Gasteiger partial charge in [-0.05, 0) is 42.3 Å². The van der Waals surface area contributed by atoms with Gasteiger partial charge in [0, 0.05) is 40.6 Å². The summed E-state index contributed by atoms with van der Waals surface area (Å²) in [5.41, 5.74) is 3.67. The maximum absolute atomic E-state index is 12.8. The topological polar surface area (TPSA) is 74.0 Å². The molecule has 2 aromatic carbocycles. The largest absolute Gasteiger partial charge is 0.361 e. The number of aromatic nitrogens is 1. The van der Waals surface area contributed by atoms with E-state index < -0.39 is 6.04 Å². The number of rotatable bonds is 5. The molecule has 0 saturated heterocycles.